The number of benzene rings is 2. The zero-order chi connectivity index (χ0) is 19.9. The predicted octanol–water partition coefficient (Wildman–Crippen LogP) is 5.32. The molecule has 1 amide bonds. The maximum absolute atomic E-state index is 12.7. The number of hydrogen-bond donors (Lipinski definition) is 1. The molecule has 0 saturated carbocycles. The number of hydrogen-bond acceptors (Lipinski definition) is 5. The second-order valence-corrected chi connectivity index (χ2v) is 7.59. The maximum Gasteiger partial charge on any atom is 0.237 e. The van der Waals surface area contributed by atoms with E-state index in [1.54, 1.807) is 25.3 Å². The first-order valence-corrected chi connectivity index (χ1v) is 10.0. The van der Waals surface area contributed by atoms with Crippen LogP contribution in [0.5, 0.6) is 5.75 Å². The average molecular weight is 414 g/mol. The van der Waals surface area contributed by atoms with Crippen molar-refractivity contribution < 1.29 is 9.53 Å². The first-order valence-electron chi connectivity index (χ1n) is 8.79. The Kier molecular flexibility index (Phi) is 6.90. The van der Waals surface area contributed by atoms with Gasteiger partial charge in [-0.3, -0.25) is 4.79 Å². The Bertz CT molecular complexity index is 953. The van der Waals surface area contributed by atoms with Crippen molar-refractivity contribution in [3.8, 4) is 17.0 Å². The van der Waals surface area contributed by atoms with Crippen LogP contribution in [0.15, 0.2) is 66.0 Å². The third-order valence-electron chi connectivity index (χ3n) is 4.06. The van der Waals surface area contributed by atoms with E-state index in [9.17, 15) is 4.79 Å². The molecule has 0 bridgehead atoms. The lowest BCUT2D eigenvalue weighted by molar-refractivity contribution is -0.115. The van der Waals surface area contributed by atoms with Gasteiger partial charge in [0.1, 0.15) is 17.1 Å². The summed E-state index contributed by atoms with van der Waals surface area (Å²) in [5.74, 6) is 0.462. The summed E-state index contributed by atoms with van der Waals surface area (Å²) in [6.07, 6.45) is 2.18. The fourth-order valence-corrected chi connectivity index (χ4v) is 3.78. The first-order chi connectivity index (χ1) is 13.6. The highest BCUT2D eigenvalue weighted by atomic mass is 35.5. The highest BCUT2D eigenvalue weighted by Gasteiger charge is 2.19. The van der Waals surface area contributed by atoms with Crippen molar-refractivity contribution in [1.29, 1.82) is 0 Å². The fraction of sp³-hybridized carbons (Fsp3) is 0.190. The zero-order valence-electron chi connectivity index (χ0n) is 15.6. The van der Waals surface area contributed by atoms with E-state index in [-0.39, 0.29) is 11.2 Å². The van der Waals surface area contributed by atoms with E-state index < -0.39 is 0 Å². The van der Waals surface area contributed by atoms with E-state index in [2.05, 4.69) is 15.3 Å². The largest absolute Gasteiger partial charge is 0.495 e. The van der Waals surface area contributed by atoms with Crippen molar-refractivity contribution >= 4 is 35.0 Å². The third-order valence-corrected chi connectivity index (χ3v) is 5.65. The Morgan fingerprint density at radius 1 is 1.18 bits per heavy atom. The monoisotopic (exact) mass is 413 g/mol. The van der Waals surface area contributed by atoms with Crippen LogP contribution in [-0.4, -0.2) is 28.2 Å². The molecule has 0 radical (unpaired) electrons. The van der Waals surface area contributed by atoms with Crippen molar-refractivity contribution in [2.24, 2.45) is 0 Å². The van der Waals surface area contributed by atoms with Gasteiger partial charge in [-0.2, -0.15) is 0 Å². The molecular formula is C21H20ClN3O2S. The van der Waals surface area contributed by atoms with E-state index in [1.807, 2.05) is 43.3 Å². The van der Waals surface area contributed by atoms with Crippen LogP contribution in [0.25, 0.3) is 11.3 Å². The molecule has 7 heteroatoms. The van der Waals surface area contributed by atoms with Crippen LogP contribution >= 0.6 is 23.4 Å². The van der Waals surface area contributed by atoms with Gasteiger partial charge in [0.25, 0.3) is 0 Å². The molecule has 0 aliphatic carbocycles. The molecule has 28 heavy (non-hydrogen) atoms. The molecule has 144 valence electrons. The molecule has 1 heterocycles. The minimum atomic E-state index is -0.292. The van der Waals surface area contributed by atoms with Gasteiger partial charge in [-0.05, 0) is 30.7 Å². The lowest BCUT2D eigenvalue weighted by atomic mass is 10.1. The molecule has 3 rings (SSSR count). The number of methoxy groups -OCH3 is 1. The number of amides is 1. The Morgan fingerprint density at radius 2 is 1.96 bits per heavy atom. The summed E-state index contributed by atoms with van der Waals surface area (Å²) in [4.78, 5) is 21.4. The van der Waals surface area contributed by atoms with E-state index in [0.29, 0.717) is 22.9 Å². The minimum Gasteiger partial charge on any atom is -0.495 e. The summed E-state index contributed by atoms with van der Waals surface area (Å²) in [5, 5.41) is 3.82. The fourth-order valence-electron chi connectivity index (χ4n) is 2.61. The summed E-state index contributed by atoms with van der Waals surface area (Å²) in [6, 6.07) is 16.9. The number of thioether (sulfide) groups is 1. The number of aromatic nitrogens is 2. The van der Waals surface area contributed by atoms with Crippen LogP contribution in [0.2, 0.25) is 5.02 Å². The van der Waals surface area contributed by atoms with E-state index >= 15 is 0 Å². The summed E-state index contributed by atoms with van der Waals surface area (Å²) >= 11 is 7.55. The summed E-state index contributed by atoms with van der Waals surface area (Å²) in [7, 11) is 1.55. The molecule has 1 N–H and O–H groups in total. The summed E-state index contributed by atoms with van der Waals surface area (Å²) in [6.45, 7) is 1.97. The van der Waals surface area contributed by atoms with E-state index in [1.165, 1.54) is 18.1 Å². The smallest absolute Gasteiger partial charge is 0.237 e. The first kappa shape index (κ1) is 20.2. The second-order valence-electron chi connectivity index (χ2n) is 5.96. The lowest BCUT2D eigenvalue weighted by Gasteiger charge is -2.15. The normalized spacial score (nSPS) is 11.7. The number of halogens is 1. The van der Waals surface area contributed by atoms with Crippen molar-refractivity contribution in [2.75, 3.05) is 12.4 Å². The molecule has 5 nitrogen and oxygen atoms in total. The molecule has 0 saturated heterocycles. The van der Waals surface area contributed by atoms with Gasteiger partial charge in [0, 0.05) is 11.3 Å². The second kappa shape index (κ2) is 9.57. The van der Waals surface area contributed by atoms with Crippen LogP contribution in [0.1, 0.15) is 13.3 Å². The lowest BCUT2D eigenvalue weighted by Crippen LogP contribution is -2.24. The standard InChI is InChI=1S/C21H20ClN3O2S/c1-3-19(21(26)25-15-9-10-18(27-2)16(22)11-15)28-20-12-17(23-13-24-20)14-7-5-4-6-8-14/h4-13,19H,3H2,1-2H3,(H,25,26). The zero-order valence-corrected chi connectivity index (χ0v) is 17.1. The topological polar surface area (TPSA) is 64.1 Å². The van der Waals surface area contributed by atoms with Gasteiger partial charge >= 0.3 is 0 Å². The van der Waals surface area contributed by atoms with Gasteiger partial charge in [-0.25, -0.2) is 9.97 Å². The van der Waals surface area contributed by atoms with Crippen LogP contribution in [0.4, 0.5) is 5.69 Å². The van der Waals surface area contributed by atoms with Gasteiger partial charge in [-0.15, -0.1) is 0 Å². The number of rotatable bonds is 7. The molecule has 2 aromatic carbocycles. The number of carbonyl (C=O) groups is 1. The Morgan fingerprint density at radius 3 is 2.64 bits per heavy atom. The highest BCUT2D eigenvalue weighted by molar-refractivity contribution is 8.00. The van der Waals surface area contributed by atoms with Crippen LogP contribution in [0.3, 0.4) is 0 Å². The van der Waals surface area contributed by atoms with Gasteiger partial charge in [-0.1, -0.05) is 60.6 Å². The molecule has 0 aliphatic heterocycles. The Hall–Kier alpha value is -2.57. The maximum atomic E-state index is 12.7. The summed E-state index contributed by atoms with van der Waals surface area (Å²) in [5.41, 5.74) is 2.47. The molecule has 0 aliphatic rings. The van der Waals surface area contributed by atoms with Crippen molar-refractivity contribution in [3.05, 3.63) is 65.9 Å². The Labute approximate surface area is 173 Å². The number of carbonyl (C=O) groups excluding carboxylic acids is 1. The molecule has 0 fully saturated rings. The molecule has 1 unspecified atom stereocenters. The average Bonchev–Trinajstić information content (AvgIpc) is 2.73. The molecule has 3 aromatic rings. The highest BCUT2D eigenvalue weighted by Crippen LogP contribution is 2.30. The predicted molar refractivity (Wildman–Crippen MR) is 114 cm³/mol. The quantitative estimate of drug-likeness (QED) is 0.419. The van der Waals surface area contributed by atoms with Crippen molar-refractivity contribution in [1.82, 2.24) is 9.97 Å². The minimum absolute atomic E-state index is 0.103. The van der Waals surface area contributed by atoms with Crippen molar-refractivity contribution in [2.45, 2.75) is 23.6 Å². The number of nitrogens with one attached hydrogen (secondary N) is 1. The van der Waals surface area contributed by atoms with E-state index in [0.717, 1.165) is 16.3 Å². The number of nitrogens with zero attached hydrogens (tertiary/aromatic N) is 2. The van der Waals surface area contributed by atoms with Gasteiger partial charge in [0.2, 0.25) is 5.91 Å². The molecule has 1 aromatic heterocycles. The molecule has 1 atom stereocenters. The van der Waals surface area contributed by atoms with Crippen molar-refractivity contribution in [3.63, 3.8) is 0 Å². The number of ether oxygens (including phenoxy) is 1. The third kappa shape index (κ3) is 5.03. The SMILES string of the molecule is CCC(Sc1cc(-c2ccccc2)ncn1)C(=O)Nc1ccc(OC)c(Cl)c1. The van der Waals surface area contributed by atoms with Gasteiger partial charge in [0.05, 0.1) is 23.1 Å². The Balaban J connectivity index is 1.71. The van der Waals surface area contributed by atoms with Crippen LogP contribution in [0, 0.1) is 0 Å². The van der Waals surface area contributed by atoms with Crippen LogP contribution < -0.4 is 10.1 Å². The van der Waals surface area contributed by atoms with Crippen LogP contribution in [-0.2, 0) is 4.79 Å². The molecule has 0 spiro atoms. The molecular weight excluding hydrogens is 394 g/mol. The van der Waals surface area contributed by atoms with E-state index in [4.69, 9.17) is 16.3 Å². The summed E-state index contributed by atoms with van der Waals surface area (Å²) < 4.78 is 5.14. The van der Waals surface area contributed by atoms with Gasteiger partial charge in [0.15, 0.2) is 0 Å². The number of anilines is 1. The van der Waals surface area contributed by atoms with Gasteiger partial charge < -0.3 is 10.1 Å².